The van der Waals surface area contributed by atoms with E-state index in [4.69, 9.17) is 4.74 Å². The third kappa shape index (κ3) is 5.36. The molecule has 0 fully saturated rings. The van der Waals surface area contributed by atoms with Gasteiger partial charge in [-0.25, -0.2) is 0 Å². The Hall–Kier alpha value is 0.444. The number of hydrogen-bond acceptors (Lipinski definition) is 2. The first kappa shape index (κ1) is 16.9. The summed E-state index contributed by atoms with van der Waals surface area (Å²) >= 11 is 0. The van der Waals surface area contributed by atoms with Crippen LogP contribution in [0.3, 0.4) is 0 Å². The molecule has 0 N–H and O–H groups in total. The van der Waals surface area contributed by atoms with Crippen molar-refractivity contribution in [2.45, 2.75) is 53.6 Å². The molecule has 0 bridgehead atoms. The number of hydrogen-bond donors (Lipinski definition) is 0. The molecule has 3 heteroatoms. The van der Waals surface area contributed by atoms with Crippen LogP contribution in [0.2, 0.25) is 0 Å². The summed E-state index contributed by atoms with van der Waals surface area (Å²) in [5.74, 6) is 0.955. The summed E-state index contributed by atoms with van der Waals surface area (Å²) in [5, 5.41) is 0. The summed E-state index contributed by atoms with van der Waals surface area (Å²) in [5.41, 5.74) is -0.368. The van der Waals surface area contributed by atoms with E-state index in [1.54, 1.807) is 0 Å². The van der Waals surface area contributed by atoms with E-state index >= 15 is 0 Å². The maximum Gasteiger partial charge on any atom is 3.00 e. The first-order chi connectivity index (χ1) is 5.81. The largest absolute Gasteiger partial charge is 3.00 e. The van der Waals surface area contributed by atoms with Crippen LogP contribution < -0.4 is 0 Å². The molecular formula is C11H21O2Y+2. The Bertz CT molecular complexity index is 176. The van der Waals surface area contributed by atoms with Crippen molar-refractivity contribution in [2.75, 3.05) is 0 Å². The van der Waals surface area contributed by atoms with Crippen molar-refractivity contribution in [3.8, 4) is 0 Å². The van der Waals surface area contributed by atoms with Crippen LogP contribution in [0.5, 0.6) is 0 Å². The normalized spacial score (nSPS) is 10.8. The fourth-order valence-electron chi connectivity index (χ4n) is 0.588. The van der Waals surface area contributed by atoms with E-state index < -0.39 is 0 Å². The van der Waals surface area contributed by atoms with E-state index in [0.29, 0.717) is 5.92 Å². The number of rotatable bonds is 4. The van der Waals surface area contributed by atoms with E-state index in [1.807, 2.05) is 27.7 Å². The van der Waals surface area contributed by atoms with Crippen LogP contribution in [0.25, 0.3) is 0 Å². The molecule has 0 aromatic carbocycles. The molecule has 0 heterocycles. The van der Waals surface area contributed by atoms with Crippen LogP contribution >= 0.6 is 0 Å². The molecule has 0 aliphatic heterocycles. The van der Waals surface area contributed by atoms with Gasteiger partial charge in [-0.15, -0.1) is 0 Å². The summed E-state index contributed by atoms with van der Waals surface area (Å²) in [7, 11) is 0. The van der Waals surface area contributed by atoms with Crippen LogP contribution in [0.15, 0.2) is 0 Å². The maximum atomic E-state index is 11.4. The molecule has 0 unspecified atom stereocenters. The van der Waals surface area contributed by atoms with E-state index in [2.05, 4.69) is 13.8 Å². The third-order valence-corrected chi connectivity index (χ3v) is 2.62. The van der Waals surface area contributed by atoms with Gasteiger partial charge in [-0.1, -0.05) is 20.8 Å². The summed E-state index contributed by atoms with van der Waals surface area (Å²) in [6, 6.07) is 0. The predicted octanol–water partition coefficient (Wildman–Crippen LogP) is 2.97. The van der Waals surface area contributed by atoms with Gasteiger partial charge in [0.05, 0.1) is 0 Å². The van der Waals surface area contributed by atoms with E-state index in [9.17, 15) is 4.79 Å². The molecule has 14 heavy (non-hydrogen) atoms. The zero-order valence-electron chi connectivity index (χ0n) is 10.2. The van der Waals surface area contributed by atoms with Crippen molar-refractivity contribution in [2.24, 2.45) is 5.92 Å². The Balaban J connectivity index is 0. The molecule has 2 nitrogen and oxygen atoms in total. The molecule has 0 rings (SSSR count). The van der Waals surface area contributed by atoms with Crippen molar-refractivity contribution in [3.63, 3.8) is 0 Å². The van der Waals surface area contributed by atoms with Crippen molar-refractivity contribution in [1.82, 2.24) is 0 Å². The second-order valence-corrected chi connectivity index (χ2v) is 4.28. The summed E-state index contributed by atoms with van der Waals surface area (Å²) < 4.78 is 5.38. The Morgan fingerprint density at radius 2 is 1.86 bits per heavy atom. The molecular weight excluding hydrogens is 253 g/mol. The minimum Gasteiger partial charge on any atom is -0.482 e. The first-order valence-corrected chi connectivity index (χ1v) is 4.87. The molecule has 0 amide bonds. The average Bonchev–Trinajstić information content (AvgIpc) is 2.01. The van der Waals surface area contributed by atoms with Crippen molar-refractivity contribution >= 4 is 5.97 Å². The Labute approximate surface area is 113 Å². The van der Waals surface area contributed by atoms with Crippen LogP contribution in [-0.2, 0) is 42.2 Å². The van der Waals surface area contributed by atoms with E-state index in [-0.39, 0.29) is 44.3 Å². The zero-order chi connectivity index (χ0) is 10.6. The summed E-state index contributed by atoms with van der Waals surface area (Å²) in [4.78, 5) is 11.4. The predicted molar refractivity (Wildman–Crippen MR) is 54.2 cm³/mol. The van der Waals surface area contributed by atoms with Crippen LogP contribution in [0.1, 0.15) is 48.0 Å². The molecule has 0 aromatic rings. The van der Waals surface area contributed by atoms with Crippen molar-refractivity contribution in [1.29, 1.82) is 0 Å². The van der Waals surface area contributed by atoms with Crippen molar-refractivity contribution in [3.05, 3.63) is 5.92 Å². The summed E-state index contributed by atoms with van der Waals surface area (Å²) in [6.45, 7) is 11.8. The second-order valence-electron chi connectivity index (χ2n) is 4.28. The number of carbonyl (C=O) groups is 1. The molecule has 0 aromatic heterocycles. The summed E-state index contributed by atoms with van der Waals surface area (Å²) in [6.07, 6.45) is 0.757. The SMILES string of the molecule is CC[C-](C)C(=O)OC(C)(C)C(C)C.[Y+3]. The van der Waals surface area contributed by atoms with Gasteiger partial charge in [-0.3, -0.25) is 10.7 Å². The number of ether oxygens (including phenoxy) is 1. The molecule has 0 aliphatic rings. The molecule has 0 radical (unpaired) electrons. The zero-order valence-corrected chi connectivity index (χ0v) is 13.0. The van der Waals surface area contributed by atoms with E-state index in [0.717, 1.165) is 12.3 Å². The fraction of sp³-hybridized carbons (Fsp3) is 0.818. The van der Waals surface area contributed by atoms with E-state index in [1.165, 1.54) is 0 Å². The maximum absolute atomic E-state index is 11.4. The van der Waals surface area contributed by atoms with Crippen molar-refractivity contribution < 1.29 is 42.2 Å². The average molecular weight is 274 g/mol. The van der Waals surface area contributed by atoms with Crippen LogP contribution in [-0.4, -0.2) is 11.6 Å². The van der Waals surface area contributed by atoms with Gasteiger partial charge in [-0.2, -0.15) is 13.3 Å². The minimum absolute atomic E-state index is 0. The van der Waals surface area contributed by atoms with Gasteiger partial charge in [0.25, 0.3) is 0 Å². The number of carbonyl (C=O) groups excluding carboxylic acids is 1. The molecule has 78 valence electrons. The third-order valence-electron chi connectivity index (χ3n) is 2.62. The van der Waals surface area contributed by atoms with Gasteiger partial charge in [0, 0.05) is 0 Å². The quantitative estimate of drug-likeness (QED) is 0.582. The molecule has 0 spiro atoms. The minimum atomic E-state index is -0.368. The first-order valence-electron chi connectivity index (χ1n) is 4.87. The molecule has 0 saturated carbocycles. The van der Waals surface area contributed by atoms with Gasteiger partial charge in [0.1, 0.15) is 5.60 Å². The molecule has 0 atom stereocenters. The molecule has 0 saturated heterocycles. The number of esters is 1. The Kier molecular flexibility index (Phi) is 8.24. The monoisotopic (exact) mass is 274 g/mol. The van der Waals surface area contributed by atoms with Gasteiger partial charge in [0.15, 0.2) is 5.97 Å². The standard InChI is InChI=1S/C11H21O2.Y/c1-7-9(4)10(12)13-11(5,6)8(2)3;/h8H,7H2,1-6H3;/q-1;+3. The topological polar surface area (TPSA) is 26.3 Å². The Morgan fingerprint density at radius 3 is 2.14 bits per heavy atom. The van der Waals surface area contributed by atoms with Crippen LogP contribution in [0, 0.1) is 11.8 Å². The van der Waals surface area contributed by atoms with Crippen LogP contribution in [0.4, 0.5) is 0 Å². The van der Waals surface area contributed by atoms with Gasteiger partial charge < -0.3 is 4.74 Å². The molecule has 0 aliphatic carbocycles. The second kappa shape index (κ2) is 6.84. The smallest absolute Gasteiger partial charge is 0.482 e. The van der Waals surface area contributed by atoms with Gasteiger partial charge >= 0.3 is 32.7 Å². The fourth-order valence-corrected chi connectivity index (χ4v) is 0.588. The van der Waals surface area contributed by atoms with Gasteiger partial charge in [-0.05, 0) is 19.8 Å². The van der Waals surface area contributed by atoms with Gasteiger partial charge in [0.2, 0.25) is 0 Å². The Morgan fingerprint density at radius 1 is 1.43 bits per heavy atom.